The zero-order chi connectivity index (χ0) is 16.9. The van der Waals surface area contributed by atoms with E-state index in [9.17, 15) is 8.42 Å². The smallest absolute Gasteiger partial charge is 0.229 e. The third-order valence-electron chi connectivity index (χ3n) is 3.62. The molecule has 0 amide bonds. The second kappa shape index (κ2) is 7.19. The Hall–Kier alpha value is -2.79. The van der Waals surface area contributed by atoms with E-state index in [0.717, 1.165) is 16.9 Å². The van der Waals surface area contributed by atoms with E-state index in [1.807, 2.05) is 61.5 Å². The third-order valence-corrected chi connectivity index (χ3v) is 4.40. The fraction of sp³-hybridized carbons (Fsp3) is 0.0526. The van der Waals surface area contributed by atoms with E-state index in [1.165, 1.54) is 4.31 Å². The van der Waals surface area contributed by atoms with Crippen LogP contribution in [0, 0.1) is 6.92 Å². The number of rotatable bonds is 5. The van der Waals surface area contributed by atoms with Crippen LogP contribution in [0.15, 0.2) is 78.9 Å². The molecule has 0 saturated heterocycles. The molecule has 4 nitrogen and oxygen atoms in total. The average molecular weight is 338 g/mol. The zero-order valence-corrected chi connectivity index (χ0v) is 14.1. The lowest BCUT2D eigenvalue weighted by atomic mass is 10.2. The molecule has 3 aromatic carbocycles. The maximum Gasteiger partial charge on any atom is 0.229 e. The average Bonchev–Trinajstić information content (AvgIpc) is 2.59. The van der Waals surface area contributed by atoms with Crippen LogP contribution in [0.4, 0.5) is 22.7 Å². The van der Waals surface area contributed by atoms with Crippen LogP contribution in [-0.2, 0) is 10.9 Å². The first-order valence-electron chi connectivity index (χ1n) is 7.57. The summed E-state index contributed by atoms with van der Waals surface area (Å²) in [4.78, 5) is 0. The Bertz CT molecular complexity index is 866. The highest BCUT2D eigenvalue weighted by atomic mass is 32.2. The summed E-state index contributed by atoms with van der Waals surface area (Å²) >= 11 is 0. The summed E-state index contributed by atoms with van der Waals surface area (Å²) < 4.78 is 24.7. The molecule has 0 aliphatic rings. The van der Waals surface area contributed by atoms with Crippen LogP contribution in [0.5, 0.6) is 0 Å². The highest BCUT2D eigenvalue weighted by Gasteiger charge is 2.11. The molecule has 0 radical (unpaired) electrons. The van der Waals surface area contributed by atoms with E-state index in [2.05, 4.69) is 5.32 Å². The van der Waals surface area contributed by atoms with Crippen LogP contribution < -0.4 is 9.62 Å². The molecular formula is C19H18N2O2S. The topological polar surface area (TPSA) is 49.4 Å². The standard InChI is InChI=1S/C19H18N2O2S/c1-15-7-11-18(12-8-15)21(24(22)23)19-13-9-17(10-14-19)20-16-5-3-2-4-6-16/h2-14,20,24H,1H3. The van der Waals surface area contributed by atoms with Crippen LogP contribution in [-0.4, -0.2) is 8.42 Å². The van der Waals surface area contributed by atoms with Crippen molar-refractivity contribution in [3.63, 3.8) is 0 Å². The van der Waals surface area contributed by atoms with Gasteiger partial charge in [0.1, 0.15) is 0 Å². The molecule has 5 heteroatoms. The first kappa shape index (κ1) is 16.1. The molecule has 0 aliphatic heterocycles. The number of nitrogens with one attached hydrogen (secondary N) is 1. The third kappa shape index (κ3) is 3.75. The normalized spacial score (nSPS) is 10.6. The van der Waals surface area contributed by atoms with Crippen molar-refractivity contribution in [2.24, 2.45) is 0 Å². The molecule has 0 heterocycles. The van der Waals surface area contributed by atoms with E-state index in [4.69, 9.17) is 0 Å². The van der Waals surface area contributed by atoms with Crippen LogP contribution in [0.2, 0.25) is 0 Å². The molecule has 0 spiro atoms. The molecule has 3 aromatic rings. The summed E-state index contributed by atoms with van der Waals surface area (Å²) in [6.45, 7) is 1.97. The Morgan fingerprint density at radius 2 is 1.21 bits per heavy atom. The Morgan fingerprint density at radius 1 is 0.708 bits per heavy atom. The minimum Gasteiger partial charge on any atom is -0.356 e. The van der Waals surface area contributed by atoms with Crippen molar-refractivity contribution in [2.45, 2.75) is 6.92 Å². The van der Waals surface area contributed by atoms with Gasteiger partial charge >= 0.3 is 0 Å². The fourth-order valence-electron chi connectivity index (χ4n) is 2.40. The molecule has 0 fully saturated rings. The largest absolute Gasteiger partial charge is 0.356 e. The molecule has 24 heavy (non-hydrogen) atoms. The van der Waals surface area contributed by atoms with E-state index in [1.54, 1.807) is 24.3 Å². The molecule has 0 saturated carbocycles. The lowest BCUT2D eigenvalue weighted by Gasteiger charge is -2.18. The number of benzene rings is 3. The second-order valence-corrected chi connectivity index (χ2v) is 6.30. The summed E-state index contributed by atoms with van der Waals surface area (Å²) in [6.07, 6.45) is 0. The summed E-state index contributed by atoms with van der Waals surface area (Å²) in [7, 11) is -2.77. The zero-order valence-electron chi connectivity index (χ0n) is 13.2. The lowest BCUT2D eigenvalue weighted by molar-refractivity contribution is 0.614. The molecule has 0 aromatic heterocycles. The van der Waals surface area contributed by atoms with Crippen LogP contribution in [0.1, 0.15) is 5.56 Å². The monoisotopic (exact) mass is 338 g/mol. The van der Waals surface area contributed by atoms with Gasteiger partial charge in [-0.3, -0.25) is 0 Å². The first-order chi connectivity index (χ1) is 11.6. The van der Waals surface area contributed by atoms with Crippen molar-refractivity contribution in [3.8, 4) is 0 Å². The van der Waals surface area contributed by atoms with Crippen molar-refractivity contribution >= 4 is 33.6 Å². The highest BCUT2D eigenvalue weighted by molar-refractivity contribution is 7.74. The van der Waals surface area contributed by atoms with E-state index >= 15 is 0 Å². The molecule has 0 unspecified atom stereocenters. The predicted octanol–water partition coefficient (Wildman–Crippen LogP) is 4.40. The summed E-state index contributed by atoms with van der Waals surface area (Å²) in [5, 5.41) is 3.28. The van der Waals surface area contributed by atoms with Crippen molar-refractivity contribution in [2.75, 3.05) is 9.62 Å². The molecule has 0 atom stereocenters. The molecule has 0 bridgehead atoms. The van der Waals surface area contributed by atoms with Gasteiger partial charge in [-0.25, -0.2) is 12.7 Å². The Kier molecular flexibility index (Phi) is 4.82. The number of thiol groups is 1. The van der Waals surface area contributed by atoms with Gasteiger partial charge in [-0.2, -0.15) is 0 Å². The molecule has 3 rings (SSSR count). The van der Waals surface area contributed by atoms with Crippen LogP contribution in [0.3, 0.4) is 0 Å². The first-order valence-corrected chi connectivity index (χ1v) is 8.70. The van der Waals surface area contributed by atoms with Crippen molar-refractivity contribution in [1.82, 2.24) is 0 Å². The quantitative estimate of drug-likeness (QED) is 0.678. The van der Waals surface area contributed by atoms with Gasteiger partial charge in [0.15, 0.2) is 0 Å². The Morgan fingerprint density at radius 3 is 1.75 bits per heavy atom. The Balaban J connectivity index is 1.86. The number of aryl methyl sites for hydroxylation is 1. The minimum absolute atomic E-state index is 0.605. The minimum atomic E-state index is -2.77. The number of nitrogens with zero attached hydrogens (tertiary/aromatic N) is 1. The van der Waals surface area contributed by atoms with Gasteiger partial charge in [0.2, 0.25) is 10.9 Å². The van der Waals surface area contributed by atoms with E-state index in [-0.39, 0.29) is 0 Å². The summed E-state index contributed by atoms with van der Waals surface area (Å²) in [5.41, 5.74) is 4.20. The van der Waals surface area contributed by atoms with Gasteiger partial charge < -0.3 is 5.32 Å². The van der Waals surface area contributed by atoms with Crippen LogP contribution >= 0.6 is 0 Å². The van der Waals surface area contributed by atoms with E-state index in [0.29, 0.717) is 11.4 Å². The van der Waals surface area contributed by atoms with Gasteiger partial charge in [-0.05, 0) is 55.5 Å². The SMILES string of the molecule is Cc1ccc(N(c2ccc(Nc3ccccc3)cc2)[SH](=O)=O)cc1. The van der Waals surface area contributed by atoms with Gasteiger partial charge in [-0.15, -0.1) is 0 Å². The predicted molar refractivity (Wildman–Crippen MR) is 99.8 cm³/mol. The van der Waals surface area contributed by atoms with Crippen molar-refractivity contribution < 1.29 is 8.42 Å². The van der Waals surface area contributed by atoms with E-state index < -0.39 is 10.9 Å². The molecule has 0 aliphatic carbocycles. The number of hydrogen-bond acceptors (Lipinski definition) is 3. The summed E-state index contributed by atoms with van der Waals surface area (Å²) in [6, 6.07) is 24.5. The maximum absolute atomic E-state index is 11.7. The highest BCUT2D eigenvalue weighted by Crippen LogP contribution is 2.27. The fourth-order valence-corrected chi connectivity index (χ4v) is 3.04. The van der Waals surface area contributed by atoms with Crippen LogP contribution in [0.25, 0.3) is 0 Å². The number of para-hydroxylation sites is 1. The van der Waals surface area contributed by atoms with Gasteiger partial charge in [-0.1, -0.05) is 35.9 Å². The van der Waals surface area contributed by atoms with Gasteiger partial charge in [0, 0.05) is 11.4 Å². The van der Waals surface area contributed by atoms with Crippen molar-refractivity contribution in [1.29, 1.82) is 0 Å². The molecule has 1 N–H and O–H groups in total. The molecule has 122 valence electrons. The number of hydrogen-bond donors (Lipinski definition) is 2. The summed E-state index contributed by atoms with van der Waals surface area (Å²) in [5.74, 6) is 0. The second-order valence-electron chi connectivity index (χ2n) is 5.42. The number of anilines is 4. The van der Waals surface area contributed by atoms with Gasteiger partial charge in [0.25, 0.3) is 0 Å². The van der Waals surface area contributed by atoms with Gasteiger partial charge in [0.05, 0.1) is 11.4 Å². The Labute approximate surface area is 143 Å². The lowest BCUT2D eigenvalue weighted by Crippen LogP contribution is -2.14. The molecular weight excluding hydrogens is 320 g/mol. The van der Waals surface area contributed by atoms with Crippen molar-refractivity contribution in [3.05, 3.63) is 84.4 Å². The maximum atomic E-state index is 11.7.